The summed E-state index contributed by atoms with van der Waals surface area (Å²) in [6.45, 7) is 1.91. The Bertz CT molecular complexity index is 1480. The molecule has 4 aromatic rings. The molecule has 0 saturated carbocycles. The van der Waals surface area contributed by atoms with Gasteiger partial charge in [0.15, 0.2) is 5.16 Å². The molecule has 5 rings (SSSR count). The SMILES string of the molecule is COc1ccc(-n2c(SCC(=O)Nc3ccc(C)c(Cl)c3)nc3sc4c(c3c2=O)CCCC4)cc1. The van der Waals surface area contributed by atoms with Crippen molar-refractivity contribution in [3.8, 4) is 11.4 Å². The predicted molar refractivity (Wildman–Crippen MR) is 144 cm³/mol. The van der Waals surface area contributed by atoms with Crippen LogP contribution in [0.1, 0.15) is 28.8 Å². The van der Waals surface area contributed by atoms with Crippen LogP contribution in [0, 0.1) is 6.92 Å². The molecule has 6 nitrogen and oxygen atoms in total. The van der Waals surface area contributed by atoms with Gasteiger partial charge in [-0.2, -0.15) is 0 Å². The molecule has 0 saturated heterocycles. The Hall–Kier alpha value is -2.81. The molecule has 1 N–H and O–H groups in total. The number of rotatable bonds is 6. The second kappa shape index (κ2) is 10.0. The van der Waals surface area contributed by atoms with Crippen molar-refractivity contribution in [2.24, 2.45) is 0 Å². The van der Waals surface area contributed by atoms with Crippen molar-refractivity contribution >= 4 is 56.5 Å². The first kappa shape index (κ1) is 23.9. The van der Waals surface area contributed by atoms with E-state index in [4.69, 9.17) is 21.3 Å². The van der Waals surface area contributed by atoms with Crippen molar-refractivity contribution in [3.63, 3.8) is 0 Å². The molecule has 0 radical (unpaired) electrons. The number of amides is 1. The van der Waals surface area contributed by atoms with Crippen LogP contribution >= 0.6 is 34.7 Å². The van der Waals surface area contributed by atoms with E-state index in [1.165, 1.54) is 16.6 Å². The number of ether oxygens (including phenoxy) is 1. The molecule has 35 heavy (non-hydrogen) atoms. The van der Waals surface area contributed by atoms with E-state index in [-0.39, 0.29) is 17.2 Å². The summed E-state index contributed by atoms with van der Waals surface area (Å²) in [5.74, 6) is 0.607. The van der Waals surface area contributed by atoms with Crippen LogP contribution in [0.5, 0.6) is 5.75 Å². The number of aromatic nitrogens is 2. The molecule has 0 aliphatic heterocycles. The van der Waals surface area contributed by atoms with Crippen LogP contribution in [0.3, 0.4) is 0 Å². The molecular weight excluding hydrogens is 502 g/mol. The lowest BCUT2D eigenvalue weighted by Gasteiger charge is -2.14. The molecule has 2 aromatic carbocycles. The number of methoxy groups -OCH3 is 1. The Morgan fingerprint density at radius 1 is 1.20 bits per heavy atom. The Morgan fingerprint density at radius 3 is 2.71 bits per heavy atom. The van der Waals surface area contributed by atoms with Crippen LogP contribution in [0.15, 0.2) is 52.4 Å². The van der Waals surface area contributed by atoms with E-state index in [9.17, 15) is 9.59 Å². The minimum atomic E-state index is -0.198. The molecule has 1 amide bonds. The lowest BCUT2D eigenvalue weighted by atomic mass is 9.97. The number of anilines is 1. The number of thiophene rings is 1. The van der Waals surface area contributed by atoms with E-state index < -0.39 is 0 Å². The highest BCUT2D eigenvalue weighted by Crippen LogP contribution is 2.35. The monoisotopic (exact) mass is 525 g/mol. The zero-order chi connectivity index (χ0) is 24.5. The van der Waals surface area contributed by atoms with Crippen LogP contribution < -0.4 is 15.6 Å². The topological polar surface area (TPSA) is 73.2 Å². The summed E-state index contributed by atoms with van der Waals surface area (Å²) < 4.78 is 6.90. The number of hydrogen-bond acceptors (Lipinski definition) is 6. The Labute approximate surface area is 216 Å². The molecule has 0 spiro atoms. The molecule has 2 heterocycles. The zero-order valence-electron chi connectivity index (χ0n) is 19.4. The predicted octanol–water partition coefficient (Wildman–Crippen LogP) is 6.03. The third kappa shape index (κ3) is 4.83. The Kier molecular flexibility index (Phi) is 6.86. The first-order chi connectivity index (χ1) is 16.9. The van der Waals surface area contributed by atoms with Crippen molar-refractivity contribution in [3.05, 3.63) is 73.8 Å². The number of nitrogens with zero attached hydrogens (tertiary/aromatic N) is 2. The van der Waals surface area contributed by atoms with Gasteiger partial charge in [-0.1, -0.05) is 29.4 Å². The van der Waals surface area contributed by atoms with Gasteiger partial charge in [-0.05, 0) is 80.1 Å². The Balaban J connectivity index is 1.50. The van der Waals surface area contributed by atoms with Crippen LogP contribution in [0.25, 0.3) is 15.9 Å². The molecule has 1 aliphatic rings. The maximum absolute atomic E-state index is 13.8. The fraction of sp³-hybridized carbons (Fsp3) is 0.269. The van der Waals surface area contributed by atoms with E-state index in [0.29, 0.717) is 32.7 Å². The Morgan fingerprint density at radius 2 is 1.97 bits per heavy atom. The summed E-state index contributed by atoms with van der Waals surface area (Å²) >= 11 is 9.03. The van der Waals surface area contributed by atoms with E-state index in [1.807, 2.05) is 43.3 Å². The summed E-state index contributed by atoms with van der Waals surface area (Å²) in [5.41, 5.74) is 3.32. The number of hydrogen-bond donors (Lipinski definition) is 1. The van der Waals surface area contributed by atoms with E-state index in [0.717, 1.165) is 41.6 Å². The highest BCUT2D eigenvalue weighted by molar-refractivity contribution is 7.99. The lowest BCUT2D eigenvalue weighted by Crippen LogP contribution is -2.23. The smallest absolute Gasteiger partial charge is 0.267 e. The summed E-state index contributed by atoms with van der Waals surface area (Å²) in [5, 5.41) is 4.67. The van der Waals surface area contributed by atoms with Gasteiger partial charge in [-0.15, -0.1) is 11.3 Å². The third-order valence-corrected chi connectivity index (χ3v) is 8.61. The second-order valence-electron chi connectivity index (χ2n) is 8.42. The fourth-order valence-corrected chi connectivity index (χ4v) is 6.54. The fourth-order valence-electron chi connectivity index (χ4n) is 4.24. The van der Waals surface area contributed by atoms with E-state index in [1.54, 1.807) is 29.1 Å². The van der Waals surface area contributed by atoms with Crippen molar-refractivity contribution in [1.29, 1.82) is 0 Å². The van der Waals surface area contributed by atoms with Gasteiger partial charge in [0, 0.05) is 15.6 Å². The van der Waals surface area contributed by atoms with Crippen LogP contribution in [0.4, 0.5) is 5.69 Å². The number of nitrogens with one attached hydrogen (secondary N) is 1. The summed E-state index contributed by atoms with van der Waals surface area (Å²) in [6.07, 6.45) is 4.11. The first-order valence-electron chi connectivity index (χ1n) is 11.3. The summed E-state index contributed by atoms with van der Waals surface area (Å²) in [4.78, 5) is 33.4. The average Bonchev–Trinajstić information content (AvgIpc) is 3.24. The van der Waals surface area contributed by atoms with Crippen LogP contribution in [-0.4, -0.2) is 28.3 Å². The molecule has 2 aromatic heterocycles. The molecule has 0 atom stereocenters. The lowest BCUT2D eigenvalue weighted by molar-refractivity contribution is -0.113. The normalized spacial score (nSPS) is 13.0. The van der Waals surface area contributed by atoms with Gasteiger partial charge in [0.05, 0.1) is 23.9 Å². The molecular formula is C26H24ClN3O3S2. The molecule has 0 bridgehead atoms. The molecule has 9 heteroatoms. The number of carbonyl (C=O) groups is 1. The van der Waals surface area contributed by atoms with Crippen molar-refractivity contribution < 1.29 is 9.53 Å². The molecule has 180 valence electrons. The van der Waals surface area contributed by atoms with E-state index >= 15 is 0 Å². The number of aryl methyl sites for hydroxylation is 3. The van der Waals surface area contributed by atoms with Gasteiger partial charge < -0.3 is 10.1 Å². The number of thioether (sulfide) groups is 1. The summed E-state index contributed by atoms with van der Waals surface area (Å²) in [6, 6.07) is 12.7. The van der Waals surface area contributed by atoms with Gasteiger partial charge in [0.2, 0.25) is 5.91 Å². The minimum absolute atomic E-state index is 0.0900. The van der Waals surface area contributed by atoms with E-state index in [2.05, 4.69) is 5.32 Å². The second-order valence-corrected chi connectivity index (χ2v) is 10.9. The minimum Gasteiger partial charge on any atom is -0.497 e. The molecule has 0 fully saturated rings. The number of benzene rings is 2. The number of fused-ring (bicyclic) bond motifs is 3. The van der Waals surface area contributed by atoms with Gasteiger partial charge in [0.25, 0.3) is 5.56 Å². The maximum Gasteiger partial charge on any atom is 0.267 e. The van der Waals surface area contributed by atoms with Crippen LogP contribution in [0.2, 0.25) is 5.02 Å². The van der Waals surface area contributed by atoms with Crippen molar-refractivity contribution in [1.82, 2.24) is 9.55 Å². The van der Waals surface area contributed by atoms with Gasteiger partial charge in [0.1, 0.15) is 10.6 Å². The largest absolute Gasteiger partial charge is 0.497 e. The standard InChI is InChI=1S/C26H24ClN3O3S2/c1-15-7-8-16(13-20(15)27)28-22(31)14-34-26-29-24-23(19-5-3-4-6-21(19)35-24)25(32)30(26)17-9-11-18(33-2)12-10-17/h7-13H,3-6,14H2,1-2H3,(H,28,31). The highest BCUT2D eigenvalue weighted by Gasteiger charge is 2.23. The maximum atomic E-state index is 13.8. The number of halogens is 1. The highest BCUT2D eigenvalue weighted by atomic mass is 35.5. The first-order valence-corrected chi connectivity index (χ1v) is 13.5. The summed E-state index contributed by atoms with van der Waals surface area (Å²) in [7, 11) is 1.60. The quantitative estimate of drug-likeness (QED) is 0.246. The average molecular weight is 526 g/mol. The zero-order valence-corrected chi connectivity index (χ0v) is 21.8. The number of carbonyl (C=O) groups excluding carboxylic acids is 1. The third-order valence-electron chi connectivity index (χ3n) is 6.08. The van der Waals surface area contributed by atoms with Crippen molar-refractivity contribution in [2.45, 2.75) is 37.8 Å². The molecule has 1 aliphatic carbocycles. The van der Waals surface area contributed by atoms with Crippen molar-refractivity contribution in [2.75, 3.05) is 18.2 Å². The van der Waals surface area contributed by atoms with Gasteiger partial charge in [-0.25, -0.2) is 4.98 Å². The molecule has 0 unspecified atom stereocenters. The van der Waals surface area contributed by atoms with Gasteiger partial charge in [-0.3, -0.25) is 14.2 Å². The van der Waals surface area contributed by atoms with Gasteiger partial charge >= 0.3 is 0 Å². The van der Waals surface area contributed by atoms with Crippen LogP contribution in [-0.2, 0) is 17.6 Å².